The topological polar surface area (TPSA) is 20.2 Å². The molecule has 0 amide bonds. The lowest BCUT2D eigenvalue weighted by Crippen LogP contribution is -2.04. The van der Waals surface area contributed by atoms with Gasteiger partial charge in [-0.1, -0.05) is 12.1 Å². The van der Waals surface area contributed by atoms with E-state index in [1.807, 2.05) is 6.26 Å². The van der Waals surface area contributed by atoms with Crippen LogP contribution in [0, 0.1) is 17.5 Å². The van der Waals surface area contributed by atoms with Crippen LogP contribution < -0.4 is 0 Å². The van der Waals surface area contributed by atoms with Crippen LogP contribution in [-0.2, 0) is 0 Å². The second kappa shape index (κ2) is 5.67. The molecule has 0 aliphatic rings. The lowest BCUT2D eigenvalue weighted by Gasteiger charge is -2.13. The smallest absolute Gasteiger partial charge is 0.161 e. The van der Waals surface area contributed by atoms with E-state index >= 15 is 0 Å². The van der Waals surface area contributed by atoms with Crippen LogP contribution in [0.2, 0.25) is 0 Å². The molecular weight excluding hydrogens is 273 g/mol. The number of rotatable bonds is 3. The lowest BCUT2D eigenvalue weighted by atomic mass is 10.0. The van der Waals surface area contributed by atoms with Gasteiger partial charge in [0, 0.05) is 16.5 Å². The van der Waals surface area contributed by atoms with Gasteiger partial charge in [0.15, 0.2) is 11.6 Å². The van der Waals surface area contributed by atoms with E-state index in [0.29, 0.717) is 17.7 Å². The van der Waals surface area contributed by atoms with Crippen molar-refractivity contribution in [2.75, 3.05) is 6.26 Å². The number of benzene rings is 2. The molecule has 0 fully saturated rings. The van der Waals surface area contributed by atoms with E-state index in [0.717, 1.165) is 4.90 Å². The molecule has 2 aromatic rings. The van der Waals surface area contributed by atoms with Gasteiger partial charge >= 0.3 is 0 Å². The maximum absolute atomic E-state index is 13.5. The summed E-state index contributed by atoms with van der Waals surface area (Å²) in [5, 5.41) is 10.0. The molecule has 5 heteroatoms. The third-order valence-corrected chi connectivity index (χ3v) is 3.51. The van der Waals surface area contributed by atoms with Crippen molar-refractivity contribution in [3.63, 3.8) is 0 Å². The van der Waals surface area contributed by atoms with Gasteiger partial charge in [-0.2, -0.15) is 0 Å². The number of halogens is 3. The van der Waals surface area contributed by atoms with E-state index in [1.165, 1.54) is 11.8 Å². The largest absolute Gasteiger partial charge is 0.384 e. The molecule has 1 atom stereocenters. The molecule has 0 bridgehead atoms. The minimum absolute atomic E-state index is 0.282. The lowest BCUT2D eigenvalue weighted by molar-refractivity contribution is 0.214. The highest BCUT2D eigenvalue weighted by Crippen LogP contribution is 2.27. The van der Waals surface area contributed by atoms with Gasteiger partial charge in [0.2, 0.25) is 0 Å². The summed E-state index contributed by atoms with van der Waals surface area (Å²) in [5.41, 5.74) is 0.138. The minimum Gasteiger partial charge on any atom is -0.384 e. The molecule has 0 aliphatic carbocycles. The van der Waals surface area contributed by atoms with Crippen molar-refractivity contribution in [2.24, 2.45) is 0 Å². The number of hydrogen-bond acceptors (Lipinski definition) is 2. The van der Waals surface area contributed by atoms with Crippen LogP contribution in [-0.4, -0.2) is 11.4 Å². The van der Waals surface area contributed by atoms with Crippen molar-refractivity contribution in [3.05, 3.63) is 65.0 Å². The van der Waals surface area contributed by atoms with Gasteiger partial charge in [0.25, 0.3) is 0 Å². The zero-order valence-corrected chi connectivity index (χ0v) is 10.8. The summed E-state index contributed by atoms with van der Waals surface area (Å²) in [6, 6.07) is 7.89. The molecule has 1 unspecified atom stereocenters. The summed E-state index contributed by atoms with van der Waals surface area (Å²) in [5.74, 6) is -3.43. The Balaban J connectivity index is 2.37. The van der Waals surface area contributed by atoms with E-state index in [1.54, 1.807) is 24.3 Å². The maximum Gasteiger partial charge on any atom is 0.161 e. The van der Waals surface area contributed by atoms with Crippen molar-refractivity contribution in [2.45, 2.75) is 11.0 Å². The van der Waals surface area contributed by atoms with Gasteiger partial charge in [-0.15, -0.1) is 11.8 Å². The molecule has 0 aromatic heterocycles. The molecule has 0 radical (unpaired) electrons. The highest BCUT2D eigenvalue weighted by Gasteiger charge is 2.18. The van der Waals surface area contributed by atoms with E-state index in [-0.39, 0.29) is 5.56 Å². The first-order valence-corrected chi connectivity index (χ1v) is 6.72. The quantitative estimate of drug-likeness (QED) is 0.681. The Labute approximate surface area is 113 Å². The van der Waals surface area contributed by atoms with Crippen LogP contribution in [0.25, 0.3) is 0 Å². The molecule has 0 saturated carbocycles. The Morgan fingerprint density at radius 1 is 0.947 bits per heavy atom. The van der Waals surface area contributed by atoms with Crippen molar-refractivity contribution < 1.29 is 18.3 Å². The molecule has 0 spiro atoms. The van der Waals surface area contributed by atoms with Crippen LogP contribution >= 0.6 is 11.8 Å². The highest BCUT2D eigenvalue weighted by atomic mass is 32.2. The zero-order valence-electron chi connectivity index (χ0n) is 10.0. The average molecular weight is 284 g/mol. The SMILES string of the molecule is CSc1ccc(C(O)c2cc(F)c(F)cc2F)cc1. The predicted octanol–water partition coefficient (Wildman–Crippen LogP) is 3.91. The molecule has 2 rings (SSSR count). The van der Waals surface area contributed by atoms with E-state index in [9.17, 15) is 18.3 Å². The Kier molecular flexibility index (Phi) is 4.17. The highest BCUT2D eigenvalue weighted by molar-refractivity contribution is 7.98. The predicted molar refractivity (Wildman–Crippen MR) is 68.6 cm³/mol. The molecule has 1 nitrogen and oxygen atoms in total. The molecule has 0 saturated heterocycles. The van der Waals surface area contributed by atoms with Crippen LogP contribution in [0.3, 0.4) is 0 Å². The molecule has 2 aromatic carbocycles. The second-order valence-electron chi connectivity index (χ2n) is 3.96. The number of hydrogen-bond donors (Lipinski definition) is 1. The monoisotopic (exact) mass is 284 g/mol. The fourth-order valence-corrected chi connectivity index (χ4v) is 2.12. The fourth-order valence-electron chi connectivity index (χ4n) is 1.71. The number of aliphatic hydroxyl groups is 1. The summed E-state index contributed by atoms with van der Waals surface area (Å²) in [6.45, 7) is 0. The van der Waals surface area contributed by atoms with Crippen molar-refractivity contribution in [3.8, 4) is 0 Å². The number of thioether (sulfide) groups is 1. The van der Waals surface area contributed by atoms with E-state index in [4.69, 9.17) is 0 Å². The van der Waals surface area contributed by atoms with Gasteiger partial charge in [-0.05, 0) is 30.0 Å². The molecule has 0 heterocycles. The van der Waals surface area contributed by atoms with Gasteiger partial charge in [-0.3, -0.25) is 0 Å². The summed E-state index contributed by atoms with van der Waals surface area (Å²) < 4.78 is 39.5. The third kappa shape index (κ3) is 2.93. The Bertz CT molecular complexity index is 584. The molecule has 1 N–H and O–H groups in total. The first kappa shape index (κ1) is 14.0. The van der Waals surface area contributed by atoms with Gasteiger partial charge < -0.3 is 5.11 Å². The van der Waals surface area contributed by atoms with Gasteiger partial charge in [0.1, 0.15) is 11.9 Å². The molecule has 19 heavy (non-hydrogen) atoms. The average Bonchev–Trinajstić information content (AvgIpc) is 2.42. The Morgan fingerprint density at radius 2 is 1.53 bits per heavy atom. The van der Waals surface area contributed by atoms with Crippen LogP contribution in [0.15, 0.2) is 41.3 Å². The van der Waals surface area contributed by atoms with Gasteiger partial charge in [-0.25, -0.2) is 13.2 Å². The van der Waals surface area contributed by atoms with Crippen LogP contribution in [0.1, 0.15) is 17.2 Å². The second-order valence-corrected chi connectivity index (χ2v) is 4.84. The standard InChI is InChI=1S/C14H11F3OS/c1-19-9-4-2-8(3-5-9)14(18)10-6-12(16)13(17)7-11(10)15/h2-7,14,18H,1H3. The van der Waals surface area contributed by atoms with Crippen molar-refractivity contribution in [1.29, 1.82) is 0 Å². The zero-order chi connectivity index (χ0) is 14.0. The summed E-state index contributed by atoms with van der Waals surface area (Å²) >= 11 is 1.53. The summed E-state index contributed by atoms with van der Waals surface area (Å²) in [4.78, 5) is 0.988. The number of aliphatic hydroxyl groups excluding tert-OH is 1. The molecule has 0 aliphatic heterocycles. The normalized spacial score (nSPS) is 12.5. The van der Waals surface area contributed by atoms with Crippen LogP contribution in [0.5, 0.6) is 0 Å². The molecular formula is C14H11F3OS. The Hall–Kier alpha value is -1.46. The first-order chi connectivity index (χ1) is 9.02. The van der Waals surface area contributed by atoms with E-state index in [2.05, 4.69) is 0 Å². The maximum atomic E-state index is 13.5. The van der Waals surface area contributed by atoms with Crippen molar-refractivity contribution in [1.82, 2.24) is 0 Å². The van der Waals surface area contributed by atoms with Crippen LogP contribution in [0.4, 0.5) is 13.2 Å². The van der Waals surface area contributed by atoms with E-state index < -0.39 is 23.6 Å². The molecule has 100 valence electrons. The minimum atomic E-state index is -1.33. The first-order valence-electron chi connectivity index (χ1n) is 5.49. The fraction of sp³-hybridized carbons (Fsp3) is 0.143. The summed E-state index contributed by atoms with van der Waals surface area (Å²) in [6.07, 6.45) is 0.575. The summed E-state index contributed by atoms with van der Waals surface area (Å²) in [7, 11) is 0. The van der Waals surface area contributed by atoms with Crippen molar-refractivity contribution >= 4 is 11.8 Å². The third-order valence-electron chi connectivity index (χ3n) is 2.77. The van der Waals surface area contributed by atoms with Gasteiger partial charge in [0.05, 0.1) is 0 Å². The Morgan fingerprint density at radius 3 is 2.11 bits per heavy atom.